The van der Waals surface area contributed by atoms with Gasteiger partial charge >= 0.3 is 0 Å². The molecule has 1 atom stereocenters. The molecular formula is C21H24N2O2S. The van der Waals surface area contributed by atoms with Gasteiger partial charge in [0.2, 0.25) is 6.54 Å². The van der Waals surface area contributed by atoms with Crippen molar-refractivity contribution < 1.29 is 4.92 Å². The summed E-state index contributed by atoms with van der Waals surface area (Å²) in [6, 6.07) is 14.2. The van der Waals surface area contributed by atoms with Gasteiger partial charge in [-0.25, -0.2) is 0 Å². The smallest absolute Gasteiger partial charge is 0.215 e. The highest BCUT2D eigenvalue weighted by Gasteiger charge is 2.26. The number of hydrogen-bond donors (Lipinski definition) is 0. The Kier molecular flexibility index (Phi) is 5.67. The third-order valence-electron chi connectivity index (χ3n) is 4.68. The first-order valence-corrected chi connectivity index (χ1v) is 9.80. The summed E-state index contributed by atoms with van der Waals surface area (Å²) in [5.74, 6) is 0.727. The summed E-state index contributed by atoms with van der Waals surface area (Å²) in [6.45, 7) is 7.22. The zero-order chi connectivity index (χ0) is 18.7. The molecule has 0 amide bonds. The third kappa shape index (κ3) is 4.10. The first-order valence-electron chi connectivity index (χ1n) is 8.81. The van der Waals surface area contributed by atoms with Crippen molar-refractivity contribution in [1.29, 1.82) is 0 Å². The Morgan fingerprint density at radius 2 is 1.81 bits per heavy atom. The van der Waals surface area contributed by atoms with E-state index in [1.807, 2.05) is 30.3 Å². The van der Waals surface area contributed by atoms with Crippen LogP contribution in [0.15, 0.2) is 53.6 Å². The lowest BCUT2D eigenvalue weighted by molar-refractivity contribution is -0.481. The third-order valence-corrected chi connectivity index (χ3v) is 5.79. The molecule has 0 bridgehead atoms. The minimum absolute atomic E-state index is 0.0808. The fraction of sp³-hybridized carbons (Fsp3) is 0.333. The summed E-state index contributed by atoms with van der Waals surface area (Å²) < 4.78 is 0. The number of thioether (sulfide) groups is 1. The topological polar surface area (TPSA) is 46.4 Å². The summed E-state index contributed by atoms with van der Waals surface area (Å²) >= 11 is 1.74. The molecule has 3 rings (SSSR count). The van der Waals surface area contributed by atoms with Crippen molar-refractivity contribution in [2.75, 3.05) is 23.7 Å². The quantitative estimate of drug-likeness (QED) is 0.546. The molecule has 1 unspecified atom stereocenters. The number of anilines is 1. The Bertz CT molecular complexity index is 810. The van der Waals surface area contributed by atoms with Crippen LogP contribution in [0.3, 0.4) is 0 Å². The van der Waals surface area contributed by atoms with Gasteiger partial charge in [-0.05, 0) is 37.5 Å². The van der Waals surface area contributed by atoms with Crippen LogP contribution in [0.4, 0.5) is 5.69 Å². The van der Waals surface area contributed by atoms with Crippen molar-refractivity contribution in [2.45, 2.75) is 26.7 Å². The van der Waals surface area contributed by atoms with Gasteiger partial charge in [0.25, 0.3) is 0 Å². The van der Waals surface area contributed by atoms with E-state index in [4.69, 9.17) is 0 Å². The van der Waals surface area contributed by atoms with Crippen molar-refractivity contribution in [3.8, 4) is 0 Å². The number of rotatable bonds is 5. The minimum atomic E-state index is -0.208. The highest BCUT2D eigenvalue weighted by molar-refractivity contribution is 8.03. The number of nitro groups is 1. The monoisotopic (exact) mass is 368 g/mol. The van der Waals surface area contributed by atoms with Crippen molar-refractivity contribution in [1.82, 2.24) is 0 Å². The first kappa shape index (κ1) is 18.5. The predicted octanol–water partition coefficient (Wildman–Crippen LogP) is 5.07. The number of aryl methyl sites for hydroxylation is 3. The molecule has 2 aromatic carbocycles. The van der Waals surface area contributed by atoms with Crippen LogP contribution in [0, 0.1) is 30.9 Å². The van der Waals surface area contributed by atoms with Crippen LogP contribution in [0.5, 0.6) is 0 Å². The molecule has 1 heterocycles. The highest BCUT2D eigenvalue weighted by atomic mass is 32.2. The molecule has 0 N–H and O–H groups in total. The van der Waals surface area contributed by atoms with E-state index in [1.165, 1.54) is 22.4 Å². The van der Waals surface area contributed by atoms with Crippen LogP contribution in [0.25, 0.3) is 0 Å². The van der Waals surface area contributed by atoms with Crippen LogP contribution >= 0.6 is 11.8 Å². The molecule has 0 saturated heterocycles. The Morgan fingerprint density at radius 1 is 1.15 bits per heavy atom. The molecule has 0 saturated carbocycles. The fourth-order valence-corrected chi connectivity index (χ4v) is 4.84. The van der Waals surface area contributed by atoms with E-state index < -0.39 is 0 Å². The SMILES string of the molecule is Cc1cc(C)c(N2C=C(C(C[N+](=O)[O-])c3ccccc3)SCC2)c(C)c1. The van der Waals surface area contributed by atoms with E-state index in [9.17, 15) is 10.1 Å². The molecule has 0 aromatic heterocycles. The van der Waals surface area contributed by atoms with Gasteiger partial charge in [-0.3, -0.25) is 10.1 Å². The first-order chi connectivity index (χ1) is 12.5. The van der Waals surface area contributed by atoms with Crippen LogP contribution in [0.2, 0.25) is 0 Å². The van der Waals surface area contributed by atoms with Crippen LogP contribution < -0.4 is 4.90 Å². The maximum absolute atomic E-state index is 11.3. The molecule has 4 nitrogen and oxygen atoms in total. The summed E-state index contributed by atoms with van der Waals surface area (Å²) in [5, 5.41) is 11.3. The van der Waals surface area contributed by atoms with E-state index in [0.29, 0.717) is 0 Å². The Labute approximate surface area is 159 Å². The maximum atomic E-state index is 11.3. The van der Waals surface area contributed by atoms with Crippen molar-refractivity contribution >= 4 is 17.4 Å². The van der Waals surface area contributed by atoms with Crippen LogP contribution in [-0.4, -0.2) is 23.8 Å². The van der Waals surface area contributed by atoms with Crippen molar-refractivity contribution in [3.05, 3.63) is 85.9 Å². The molecule has 1 aliphatic rings. The summed E-state index contributed by atoms with van der Waals surface area (Å²) in [5.41, 5.74) is 5.98. The molecule has 2 aromatic rings. The maximum Gasteiger partial charge on any atom is 0.215 e. The summed E-state index contributed by atoms with van der Waals surface area (Å²) in [4.78, 5) is 14.4. The molecular weight excluding hydrogens is 344 g/mol. The molecule has 0 radical (unpaired) electrons. The molecule has 136 valence electrons. The molecule has 5 heteroatoms. The van der Waals surface area contributed by atoms with Gasteiger partial charge in [0.05, 0.1) is 5.92 Å². The van der Waals surface area contributed by atoms with E-state index in [-0.39, 0.29) is 17.4 Å². The van der Waals surface area contributed by atoms with Gasteiger partial charge in [0.15, 0.2) is 0 Å². The van der Waals surface area contributed by atoms with Gasteiger partial charge in [0.1, 0.15) is 0 Å². The average molecular weight is 369 g/mol. The lowest BCUT2D eigenvalue weighted by atomic mass is 9.98. The van der Waals surface area contributed by atoms with Gasteiger partial charge in [0, 0.05) is 34.0 Å². The van der Waals surface area contributed by atoms with Gasteiger partial charge in [-0.2, -0.15) is 0 Å². The standard InChI is InChI=1S/C21H24N2O2S/c1-15-11-16(2)21(17(3)12-15)22-9-10-26-20(14-22)19(13-23(24)25)18-7-5-4-6-8-18/h4-8,11-12,14,19H,9-10,13H2,1-3H3. The van der Waals surface area contributed by atoms with Crippen molar-refractivity contribution in [3.63, 3.8) is 0 Å². The summed E-state index contributed by atoms with van der Waals surface area (Å²) in [6.07, 6.45) is 2.12. The molecule has 1 aliphatic heterocycles. The molecule has 0 spiro atoms. The summed E-state index contributed by atoms with van der Waals surface area (Å²) in [7, 11) is 0. The highest BCUT2D eigenvalue weighted by Crippen LogP contribution is 2.38. The van der Waals surface area contributed by atoms with Crippen molar-refractivity contribution in [2.24, 2.45) is 0 Å². The normalized spacial score (nSPS) is 15.5. The second kappa shape index (κ2) is 7.96. The zero-order valence-corrected chi connectivity index (χ0v) is 16.3. The second-order valence-electron chi connectivity index (χ2n) is 6.80. The van der Waals surface area contributed by atoms with Gasteiger partial charge < -0.3 is 4.90 Å². The largest absolute Gasteiger partial charge is 0.346 e. The Hall–Kier alpha value is -2.27. The van der Waals surface area contributed by atoms with Crippen LogP contribution in [0.1, 0.15) is 28.2 Å². The van der Waals surface area contributed by atoms with E-state index in [1.54, 1.807) is 11.8 Å². The number of nitrogens with zero attached hydrogens (tertiary/aromatic N) is 2. The molecule has 0 fully saturated rings. The average Bonchev–Trinajstić information content (AvgIpc) is 2.60. The molecule has 0 aliphatic carbocycles. The zero-order valence-electron chi connectivity index (χ0n) is 15.4. The Balaban J connectivity index is 1.99. The Morgan fingerprint density at radius 3 is 2.42 bits per heavy atom. The molecule has 26 heavy (non-hydrogen) atoms. The number of hydrogen-bond acceptors (Lipinski definition) is 4. The number of benzene rings is 2. The van der Waals surface area contributed by atoms with Crippen LogP contribution in [-0.2, 0) is 0 Å². The lowest BCUT2D eigenvalue weighted by Crippen LogP contribution is -2.27. The van der Waals surface area contributed by atoms with E-state index in [0.717, 1.165) is 22.8 Å². The van der Waals surface area contributed by atoms with Gasteiger partial charge in [-0.1, -0.05) is 48.0 Å². The van der Waals surface area contributed by atoms with E-state index >= 15 is 0 Å². The second-order valence-corrected chi connectivity index (χ2v) is 7.97. The van der Waals surface area contributed by atoms with E-state index in [2.05, 4.69) is 44.0 Å². The lowest BCUT2D eigenvalue weighted by Gasteiger charge is -2.31. The predicted molar refractivity (Wildman–Crippen MR) is 110 cm³/mol. The minimum Gasteiger partial charge on any atom is -0.346 e. The fourth-order valence-electron chi connectivity index (χ4n) is 3.70. The van der Waals surface area contributed by atoms with Gasteiger partial charge in [-0.15, -0.1) is 11.8 Å².